The van der Waals surface area contributed by atoms with E-state index in [4.69, 9.17) is 10.2 Å². The van der Waals surface area contributed by atoms with E-state index < -0.39 is 11.7 Å². The van der Waals surface area contributed by atoms with Gasteiger partial charge >= 0.3 is 6.18 Å². The maximum absolute atomic E-state index is 13.3. The number of nitrogens with one attached hydrogen (secondary N) is 1. The Labute approximate surface area is 136 Å². The fourth-order valence-electron chi connectivity index (χ4n) is 4.14. The third kappa shape index (κ3) is 2.28. The van der Waals surface area contributed by atoms with E-state index in [0.29, 0.717) is 5.56 Å². The van der Waals surface area contributed by atoms with E-state index in [2.05, 4.69) is 15.5 Å². The smallest absolute Gasteiger partial charge is 0.418 e. The summed E-state index contributed by atoms with van der Waals surface area (Å²) in [5.74, 6) is 0.186. The molecule has 0 radical (unpaired) electrons. The lowest BCUT2D eigenvalue weighted by atomic mass is 9.37. The fraction of sp³-hybridized carbons (Fsp3) is 0.500. The van der Waals surface area contributed by atoms with Gasteiger partial charge in [-0.1, -0.05) is 0 Å². The minimum atomic E-state index is -4.44. The lowest BCUT2D eigenvalue weighted by molar-refractivity contribution is -0.142. The van der Waals surface area contributed by atoms with Crippen LogP contribution in [0.5, 0.6) is 0 Å². The Balaban J connectivity index is 1.65. The quantitative estimate of drug-likeness (QED) is 0.893. The molecule has 3 aliphatic rings. The number of nitrogens with two attached hydrogens (primary N) is 1. The van der Waals surface area contributed by atoms with Crippen LogP contribution in [0.1, 0.15) is 31.7 Å². The van der Waals surface area contributed by atoms with E-state index in [9.17, 15) is 13.2 Å². The average Bonchev–Trinajstić information content (AvgIpc) is 2.95. The van der Waals surface area contributed by atoms with Crippen LogP contribution in [0.2, 0.25) is 0 Å². The molecule has 5 rings (SSSR count). The van der Waals surface area contributed by atoms with Gasteiger partial charge in [0.1, 0.15) is 0 Å². The predicted octanol–water partition coefficient (Wildman–Crippen LogP) is 3.44. The molecule has 2 aromatic rings. The zero-order valence-corrected chi connectivity index (χ0v) is 13.0. The summed E-state index contributed by atoms with van der Waals surface area (Å²) < 4.78 is 45.1. The number of hydrogen-bond donors (Lipinski definition) is 2. The number of benzene rings is 1. The van der Waals surface area contributed by atoms with Gasteiger partial charge in [-0.2, -0.15) is 13.2 Å². The molecule has 0 amide bonds. The first-order valence-corrected chi connectivity index (χ1v) is 7.74. The molecule has 3 N–H and O–H groups in total. The highest BCUT2D eigenvalue weighted by Crippen LogP contribution is 2.67. The molecule has 128 valence electrons. The minimum Gasteiger partial charge on any atom is -0.423 e. The van der Waals surface area contributed by atoms with Gasteiger partial charge in [0.15, 0.2) is 0 Å². The molecular weight excluding hydrogens is 321 g/mol. The summed E-state index contributed by atoms with van der Waals surface area (Å²) in [6.45, 7) is 1.91. The number of anilines is 1. The number of aromatic nitrogens is 2. The van der Waals surface area contributed by atoms with Gasteiger partial charge in [-0.05, 0) is 49.8 Å². The Morgan fingerprint density at radius 2 is 2.00 bits per heavy atom. The SMILES string of the molecule is CC(Nc1cc(-c2nnco2)ccc1C(F)(F)F)C12CC(N)(C1)C2. The number of nitrogens with zero attached hydrogens (tertiary/aromatic N) is 2. The highest BCUT2D eigenvalue weighted by atomic mass is 19.4. The maximum atomic E-state index is 13.3. The number of hydrogen-bond acceptors (Lipinski definition) is 5. The summed E-state index contributed by atoms with van der Waals surface area (Å²) in [6, 6.07) is 3.70. The molecule has 8 heteroatoms. The zero-order valence-electron chi connectivity index (χ0n) is 13.0. The van der Waals surface area contributed by atoms with Gasteiger partial charge in [-0.15, -0.1) is 10.2 Å². The summed E-state index contributed by atoms with van der Waals surface area (Å²) >= 11 is 0. The monoisotopic (exact) mass is 338 g/mol. The number of rotatable bonds is 4. The molecule has 5 nitrogen and oxygen atoms in total. The van der Waals surface area contributed by atoms with Crippen LogP contribution in [-0.4, -0.2) is 21.8 Å². The Bertz CT molecular complexity index is 752. The van der Waals surface area contributed by atoms with E-state index >= 15 is 0 Å². The second-order valence-electron chi connectivity index (χ2n) is 7.12. The first-order chi connectivity index (χ1) is 11.2. The van der Waals surface area contributed by atoms with Crippen molar-refractivity contribution < 1.29 is 17.6 Å². The van der Waals surface area contributed by atoms with Crippen LogP contribution in [0.3, 0.4) is 0 Å². The molecule has 1 aromatic heterocycles. The van der Waals surface area contributed by atoms with Crippen molar-refractivity contribution in [2.45, 2.75) is 43.9 Å². The molecule has 2 bridgehead atoms. The van der Waals surface area contributed by atoms with Gasteiger partial charge in [-0.3, -0.25) is 0 Å². The highest BCUT2D eigenvalue weighted by molar-refractivity contribution is 5.65. The van der Waals surface area contributed by atoms with Crippen molar-refractivity contribution in [3.8, 4) is 11.5 Å². The Morgan fingerprint density at radius 1 is 1.29 bits per heavy atom. The van der Waals surface area contributed by atoms with Crippen molar-refractivity contribution in [2.75, 3.05) is 5.32 Å². The van der Waals surface area contributed by atoms with Crippen molar-refractivity contribution >= 4 is 5.69 Å². The molecule has 0 spiro atoms. The topological polar surface area (TPSA) is 77.0 Å². The second-order valence-corrected chi connectivity index (χ2v) is 7.12. The lowest BCUT2D eigenvalue weighted by Crippen LogP contribution is -2.76. The second kappa shape index (κ2) is 4.72. The van der Waals surface area contributed by atoms with Crippen molar-refractivity contribution in [3.63, 3.8) is 0 Å². The largest absolute Gasteiger partial charge is 0.423 e. The Morgan fingerprint density at radius 3 is 2.54 bits per heavy atom. The predicted molar refractivity (Wildman–Crippen MR) is 81.0 cm³/mol. The summed E-state index contributed by atoms with van der Waals surface area (Å²) in [7, 11) is 0. The maximum Gasteiger partial charge on any atom is 0.418 e. The van der Waals surface area contributed by atoms with Crippen LogP contribution in [0.25, 0.3) is 11.5 Å². The van der Waals surface area contributed by atoms with E-state index in [1.807, 2.05) is 6.92 Å². The highest BCUT2D eigenvalue weighted by Gasteiger charge is 2.67. The summed E-state index contributed by atoms with van der Waals surface area (Å²) in [5.41, 5.74) is 5.75. The van der Waals surface area contributed by atoms with Gasteiger partial charge in [0, 0.05) is 22.8 Å². The first-order valence-electron chi connectivity index (χ1n) is 7.74. The van der Waals surface area contributed by atoms with Crippen LogP contribution >= 0.6 is 0 Å². The molecule has 24 heavy (non-hydrogen) atoms. The van der Waals surface area contributed by atoms with Gasteiger partial charge in [0.2, 0.25) is 12.3 Å². The summed E-state index contributed by atoms with van der Waals surface area (Å²) in [6.07, 6.45) is -0.716. The van der Waals surface area contributed by atoms with E-state index in [1.165, 1.54) is 12.1 Å². The zero-order chi connectivity index (χ0) is 17.2. The van der Waals surface area contributed by atoms with Crippen molar-refractivity contribution in [1.82, 2.24) is 10.2 Å². The molecular formula is C16H17F3N4O. The van der Waals surface area contributed by atoms with Crippen molar-refractivity contribution in [3.05, 3.63) is 30.2 Å². The Hall–Kier alpha value is -2.09. The molecule has 0 saturated heterocycles. The van der Waals surface area contributed by atoms with Gasteiger partial charge in [0.25, 0.3) is 0 Å². The molecule has 3 fully saturated rings. The molecule has 1 atom stereocenters. The molecule has 1 unspecified atom stereocenters. The van der Waals surface area contributed by atoms with Crippen molar-refractivity contribution in [1.29, 1.82) is 0 Å². The molecule has 1 aromatic carbocycles. The fourth-order valence-corrected chi connectivity index (χ4v) is 4.14. The number of alkyl halides is 3. The van der Waals surface area contributed by atoms with Crippen LogP contribution in [0, 0.1) is 5.41 Å². The van der Waals surface area contributed by atoms with Crippen LogP contribution in [0.4, 0.5) is 18.9 Å². The molecule has 0 aliphatic heterocycles. The van der Waals surface area contributed by atoms with Gasteiger partial charge in [-0.25, -0.2) is 0 Å². The van der Waals surface area contributed by atoms with E-state index in [-0.39, 0.29) is 28.6 Å². The van der Waals surface area contributed by atoms with Crippen LogP contribution < -0.4 is 11.1 Å². The third-order valence-corrected chi connectivity index (χ3v) is 5.33. The van der Waals surface area contributed by atoms with E-state index in [1.54, 1.807) is 0 Å². The minimum absolute atomic E-state index is 0.0120. The summed E-state index contributed by atoms with van der Waals surface area (Å²) in [5, 5.41) is 10.4. The van der Waals surface area contributed by atoms with Crippen LogP contribution in [0.15, 0.2) is 29.0 Å². The average molecular weight is 338 g/mol. The lowest BCUT2D eigenvalue weighted by Gasteiger charge is -2.71. The molecule has 3 saturated carbocycles. The first kappa shape index (κ1) is 15.4. The van der Waals surface area contributed by atoms with Gasteiger partial charge < -0.3 is 15.5 Å². The van der Waals surface area contributed by atoms with E-state index in [0.717, 1.165) is 31.7 Å². The standard InChI is InChI=1S/C16H17F3N4O/c1-9(14-5-15(20,6-14)7-14)22-12-4-10(13-23-21-8-24-13)2-3-11(12)16(17,18)19/h2-4,8-9,22H,5-7,20H2,1H3. The van der Waals surface area contributed by atoms with Crippen molar-refractivity contribution in [2.24, 2.45) is 11.1 Å². The Kier molecular flexibility index (Phi) is 3.04. The van der Waals surface area contributed by atoms with Gasteiger partial charge in [0.05, 0.1) is 5.56 Å². The van der Waals surface area contributed by atoms with Crippen LogP contribution in [-0.2, 0) is 6.18 Å². The third-order valence-electron chi connectivity index (χ3n) is 5.33. The molecule has 1 heterocycles. The summed E-state index contributed by atoms with van der Waals surface area (Å²) in [4.78, 5) is 0. The molecule has 3 aliphatic carbocycles. The normalized spacial score (nSPS) is 29.5. The number of halogens is 3.